The normalized spacial score (nSPS) is 12.9. The standard InChI is InChI=1S/C8H12O5P/c1-4-5-12-14(11)8(6(2)9)13-7(3)10/h4,8H,1,5H2,2-3H3/q+1. The number of Topliss-reactive ketones (excluding diaryl/α,β-unsaturated/α-hetero) is 1. The van der Waals surface area contributed by atoms with Crippen LogP contribution in [-0.2, 0) is 23.4 Å². The maximum absolute atomic E-state index is 11.3. The Balaban J connectivity index is 4.33. The summed E-state index contributed by atoms with van der Waals surface area (Å²) in [4.78, 5) is 21.5. The SMILES string of the molecule is C=CCO[P+](=O)C(OC(C)=O)C(C)=O. The van der Waals surface area contributed by atoms with Gasteiger partial charge in [0.05, 0.1) is 0 Å². The summed E-state index contributed by atoms with van der Waals surface area (Å²) in [5.41, 5.74) is 0. The van der Waals surface area contributed by atoms with Crippen LogP contribution in [0.25, 0.3) is 0 Å². The molecule has 0 saturated heterocycles. The zero-order chi connectivity index (χ0) is 11.1. The van der Waals surface area contributed by atoms with E-state index in [9.17, 15) is 14.2 Å². The van der Waals surface area contributed by atoms with Gasteiger partial charge in [-0.1, -0.05) is 6.08 Å². The van der Waals surface area contributed by atoms with Crippen LogP contribution in [0.15, 0.2) is 12.7 Å². The number of esters is 1. The monoisotopic (exact) mass is 219 g/mol. The fourth-order valence-electron chi connectivity index (χ4n) is 0.626. The van der Waals surface area contributed by atoms with E-state index in [4.69, 9.17) is 4.52 Å². The Kier molecular flexibility index (Phi) is 5.92. The number of carbonyl (C=O) groups excluding carboxylic acids is 2. The molecule has 0 spiro atoms. The fourth-order valence-corrected chi connectivity index (χ4v) is 1.54. The fraction of sp³-hybridized carbons (Fsp3) is 0.500. The number of hydrogen-bond donors (Lipinski definition) is 0. The van der Waals surface area contributed by atoms with Crippen LogP contribution in [0.1, 0.15) is 13.8 Å². The second kappa shape index (κ2) is 6.40. The van der Waals surface area contributed by atoms with Crippen molar-refractivity contribution in [2.24, 2.45) is 0 Å². The molecule has 0 aliphatic carbocycles. The van der Waals surface area contributed by atoms with Gasteiger partial charge in [-0.3, -0.25) is 9.59 Å². The Labute approximate surface area is 82.9 Å². The van der Waals surface area contributed by atoms with Crippen molar-refractivity contribution in [1.82, 2.24) is 0 Å². The summed E-state index contributed by atoms with van der Waals surface area (Å²) in [6.07, 6.45) is 1.39. The lowest BCUT2D eigenvalue weighted by Crippen LogP contribution is -2.21. The molecule has 5 nitrogen and oxygen atoms in total. The van der Waals surface area contributed by atoms with Gasteiger partial charge in [0, 0.05) is 13.8 Å². The molecule has 14 heavy (non-hydrogen) atoms. The lowest BCUT2D eigenvalue weighted by atomic mass is 10.5. The number of rotatable bonds is 6. The molecule has 0 aromatic carbocycles. The number of ketones is 1. The van der Waals surface area contributed by atoms with Crippen LogP contribution in [0.2, 0.25) is 0 Å². The number of ether oxygens (including phenoxy) is 1. The van der Waals surface area contributed by atoms with E-state index in [1.807, 2.05) is 0 Å². The molecule has 0 rings (SSSR count). The van der Waals surface area contributed by atoms with Crippen molar-refractivity contribution in [2.45, 2.75) is 19.7 Å². The summed E-state index contributed by atoms with van der Waals surface area (Å²) >= 11 is 0. The molecule has 0 saturated carbocycles. The zero-order valence-corrected chi connectivity index (χ0v) is 8.95. The second-order valence-electron chi connectivity index (χ2n) is 2.44. The minimum atomic E-state index is -2.34. The van der Waals surface area contributed by atoms with Gasteiger partial charge < -0.3 is 4.74 Å². The van der Waals surface area contributed by atoms with Crippen molar-refractivity contribution in [1.29, 1.82) is 0 Å². The van der Waals surface area contributed by atoms with Crippen molar-refractivity contribution in [3.63, 3.8) is 0 Å². The van der Waals surface area contributed by atoms with E-state index in [1.54, 1.807) is 0 Å². The summed E-state index contributed by atoms with van der Waals surface area (Å²) in [7, 11) is -2.34. The molecule has 0 radical (unpaired) electrons. The molecule has 0 amide bonds. The van der Waals surface area contributed by atoms with Crippen molar-refractivity contribution in [2.75, 3.05) is 6.61 Å². The van der Waals surface area contributed by atoms with Gasteiger partial charge in [0.15, 0.2) is 0 Å². The van der Waals surface area contributed by atoms with Crippen molar-refractivity contribution >= 4 is 19.8 Å². The van der Waals surface area contributed by atoms with E-state index in [0.29, 0.717) is 0 Å². The largest absolute Gasteiger partial charge is 0.562 e. The molecule has 78 valence electrons. The maximum atomic E-state index is 11.3. The smallest absolute Gasteiger partial charge is 0.408 e. The first-order valence-corrected chi connectivity index (χ1v) is 5.11. The van der Waals surface area contributed by atoms with Gasteiger partial charge in [0.2, 0.25) is 5.78 Å². The molecule has 6 heteroatoms. The third-order valence-corrected chi connectivity index (χ3v) is 2.39. The average molecular weight is 219 g/mol. The van der Waals surface area contributed by atoms with E-state index < -0.39 is 25.6 Å². The van der Waals surface area contributed by atoms with Gasteiger partial charge in [-0.05, 0) is 4.57 Å². The summed E-state index contributed by atoms with van der Waals surface area (Å²) in [5, 5.41) is 0. The van der Waals surface area contributed by atoms with Gasteiger partial charge in [-0.25, -0.2) is 0 Å². The summed E-state index contributed by atoms with van der Waals surface area (Å²) < 4.78 is 20.5. The Morgan fingerprint density at radius 3 is 2.43 bits per heavy atom. The van der Waals surface area contributed by atoms with E-state index in [2.05, 4.69) is 11.3 Å². The highest BCUT2D eigenvalue weighted by Crippen LogP contribution is 2.30. The zero-order valence-electron chi connectivity index (χ0n) is 8.06. The Morgan fingerprint density at radius 2 is 2.07 bits per heavy atom. The van der Waals surface area contributed by atoms with E-state index in [0.717, 1.165) is 6.92 Å². The van der Waals surface area contributed by atoms with Gasteiger partial charge in [0.1, 0.15) is 6.61 Å². The molecule has 0 heterocycles. The third-order valence-electron chi connectivity index (χ3n) is 1.14. The highest BCUT2D eigenvalue weighted by Gasteiger charge is 2.40. The van der Waals surface area contributed by atoms with Crippen LogP contribution >= 0.6 is 8.03 Å². The molecule has 2 atom stereocenters. The molecule has 0 bridgehead atoms. The van der Waals surface area contributed by atoms with E-state index in [-0.39, 0.29) is 6.61 Å². The molecular formula is C8H12O5P+. The third kappa shape index (κ3) is 4.84. The molecular weight excluding hydrogens is 207 g/mol. The second-order valence-corrected chi connectivity index (χ2v) is 3.74. The molecule has 0 aromatic rings. The summed E-state index contributed by atoms with van der Waals surface area (Å²) in [5.74, 6) is -2.50. The number of hydrogen-bond acceptors (Lipinski definition) is 5. The Morgan fingerprint density at radius 1 is 1.50 bits per heavy atom. The van der Waals surface area contributed by atoms with Crippen molar-refractivity contribution in [3.8, 4) is 0 Å². The first kappa shape index (κ1) is 12.9. The highest BCUT2D eigenvalue weighted by molar-refractivity contribution is 7.41. The summed E-state index contributed by atoms with van der Waals surface area (Å²) in [6, 6.07) is 0. The predicted molar refractivity (Wildman–Crippen MR) is 50.0 cm³/mol. The molecule has 0 N–H and O–H groups in total. The van der Waals surface area contributed by atoms with Gasteiger partial charge in [-0.15, -0.1) is 11.1 Å². The average Bonchev–Trinajstić information content (AvgIpc) is 2.09. The molecule has 0 aliphatic heterocycles. The molecule has 0 fully saturated rings. The topological polar surface area (TPSA) is 69.7 Å². The van der Waals surface area contributed by atoms with Crippen LogP contribution in [0.4, 0.5) is 0 Å². The van der Waals surface area contributed by atoms with Crippen molar-refractivity contribution in [3.05, 3.63) is 12.7 Å². The van der Waals surface area contributed by atoms with E-state index >= 15 is 0 Å². The lowest BCUT2D eigenvalue weighted by Gasteiger charge is -2.01. The first-order chi connectivity index (χ1) is 6.49. The van der Waals surface area contributed by atoms with Crippen molar-refractivity contribution < 1.29 is 23.4 Å². The quantitative estimate of drug-likeness (QED) is 0.383. The first-order valence-electron chi connectivity index (χ1n) is 3.87. The van der Waals surface area contributed by atoms with Crippen LogP contribution in [0, 0.1) is 0 Å². The van der Waals surface area contributed by atoms with Crippen LogP contribution < -0.4 is 0 Å². The van der Waals surface area contributed by atoms with Gasteiger partial charge in [0.25, 0.3) is 0 Å². The summed E-state index contributed by atoms with van der Waals surface area (Å²) in [6.45, 7) is 5.70. The molecule has 0 aromatic heterocycles. The van der Waals surface area contributed by atoms with Crippen LogP contribution in [0.3, 0.4) is 0 Å². The van der Waals surface area contributed by atoms with Crippen LogP contribution in [0.5, 0.6) is 0 Å². The Hall–Kier alpha value is -1.06. The minimum absolute atomic E-state index is 0.0419. The lowest BCUT2D eigenvalue weighted by molar-refractivity contribution is -0.148. The minimum Gasteiger partial charge on any atom is -0.408 e. The number of carbonyl (C=O) groups is 2. The highest BCUT2D eigenvalue weighted by atomic mass is 31.1. The van der Waals surface area contributed by atoms with E-state index in [1.165, 1.54) is 13.0 Å². The Bertz CT molecular complexity index is 260. The van der Waals surface area contributed by atoms with Crippen LogP contribution in [-0.4, -0.2) is 24.2 Å². The predicted octanol–water partition coefficient (Wildman–Crippen LogP) is 1.41. The molecule has 2 unspecified atom stereocenters. The molecule has 0 aliphatic rings. The maximum Gasteiger partial charge on any atom is 0.562 e. The van der Waals surface area contributed by atoms with Gasteiger partial charge >= 0.3 is 19.8 Å². The van der Waals surface area contributed by atoms with Gasteiger partial charge in [-0.2, -0.15) is 0 Å².